The molecule has 2 amide bonds. The van der Waals surface area contributed by atoms with Gasteiger partial charge in [-0.05, 0) is 73.2 Å². The van der Waals surface area contributed by atoms with Gasteiger partial charge in [0.1, 0.15) is 12.6 Å². The lowest BCUT2D eigenvalue weighted by Crippen LogP contribution is -2.52. The van der Waals surface area contributed by atoms with Gasteiger partial charge in [0.25, 0.3) is 10.0 Å². The van der Waals surface area contributed by atoms with Crippen LogP contribution in [0.1, 0.15) is 69.6 Å². The van der Waals surface area contributed by atoms with Crippen molar-refractivity contribution < 1.29 is 18.0 Å². The van der Waals surface area contributed by atoms with Gasteiger partial charge in [0.05, 0.1) is 10.6 Å². The molecule has 0 spiro atoms. The van der Waals surface area contributed by atoms with Crippen LogP contribution in [0.15, 0.2) is 71.6 Å². The molecule has 0 heterocycles. The Morgan fingerprint density at radius 3 is 2.14 bits per heavy atom. The number of anilines is 1. The number of amides is 2. The van der Waals surface area contributed by atoms with Crippen molar-refractivity contribution in [2.75, 3.05) is 17.4 Å². The summed E-state index contributed by atoms with van der Waals surface area (Å²) in [4.78, 5) is 29.0. The molecule has 0 saturated heterocycles. The van der Waals surface area contributed by atoms with E-state index in [9.17, 15) is 18.0 Å². The summed E-state index contributed by atoms with van der Waals surface area (Å²) in [5.74, 6) is -0.593. The summed E-state index contributed by atoms with van der Waals surface area (Å²) in [5.41, 5.74) is 2.89. The van der Waals surface area contributed by atoms with Crippen molar-refractivity contribution in [3.8, 4) is 0 Å². The van der Waals surface area contributed by atoms with Crippen molar-refractivity contribution in [1.82, 2.24) is 10.2 Å². The van der Waals surface area contributed by atoms with Gasteiger partial charge < -0.3 is 10.2 Å². The van der Waals surface area contributed by atoms with Crippen molar-refractivity contribution in [2.45, 2.75) is 77.3 Å². The van der Waals surface area contributed by atoms with E-state index in [0.29, 0.717) is 34.3 Å². The van der Waals surface area contributed by atoms with Gasteiger partial charge in [-0.15, -0.1) is 0 Å². The van der Waals surface area contributed by atoms with Gasteiger partial charge in [-0.3, -0.25) is 13.9 Å². The lowest BCUT2D eigenvalue weighted by atomic mass is 10.0. The number of halogens is 2. The molecule has 232 valence electrons. The minimum atomic E-state index is -4.15. The summed E-state index contributed by atoms with van der Waals surface area (Å²) in [6.07, 6.45) is 2.03. The van der Waals surface area contributed by atoms with Crippen LogP contribution in [0.25, 0.3) is 0 Å². The van der Waals surface area contributed by atoms with E-state index >= 15 is 0 Å². The smallest absolute Gasteiger partial charge is 0.264 e. The second-order valence-corrected chi connectivity index (χ2v) is 13.6. The molecular formula is C33H41Cl2N3O4S. The summed E-state index contributed by atoms with van der Waals surface area (Å²) >= 11 is 12.6. The van der Waals surface area contributed by atoms with Gasteiger partial charge >= 0.3 is 0 Å². The molecule has 3 rings (SSSR count). The fourth-order valence-corrected chi connectivity index (χ4v) is 6.53. The SMILES string of the molecule is CCCCNC(=O)[C@@H](CC)N(Cc1ccc(Cl)cc1Cl)C(=O)CN(c1ccc(C(C)C)cc1)S(=O)(=O)c1ccc(C)cc1. The molecule has 0 aromatic heterocycles. The molecule has 3 aromatic rings. The Balaban J connectivity index is 2.07. The molecule has 43 heavy (non-hydrogen) atoms. The minimum Gasteiger partial charge on any atom is -0.354 e. The topological polar surface area (TPSA) is 86.8 Å². The van der Waals surface area contributed by atoms with E-state index in [4.69, 9.17) is 23.2 Å². The average molecular weight is 647 g/mol. The first-order chi connectivity index (χ1) is 20.4. The maximum absolute atomic E-state index is 14.2. The first-order valence-corrected chi connectivity index (χ1v) is 16.8. The highest BCUT2D eigenvalue weighted by Crippen LogP contribution is 2.28. The molecule has 0 unspecified atom stereocenters. The zero-order valence-electron chi connectivity index (χ0n) is 25.4. The maximum Gasteiger partial charge on any atom is 0.264 e. The molecule has 0 aliphatic carbocycles. The number of nitrogens with zero attached hydrogens (tertiary/aromatic N) is 2. The van der Waals surface area contributed by atoms with Crippen LogP contribution in [-0.4, -0.2) is 44.3 Å². The number of hydrogen-bond acceptors (Lipinski definition) is 4. The Kier molecular flexibility index (Phi) is 12.5. The van der Waals surface area contributed by atoms with Gasteiger partial charge in [0.2, 0.25) is 11.8 Å². The predicted molar refractivity (Wildman–Crippen MR) is 175 cm³/mol. The number of carbonyl (C=O) groups is 2. The number of aryl methyl sites for hydroxylation is 1. The highest BCUT2D eigenvalue weighted by molar-refractivity contribution is 7.92. The van der Waals surface area contributed by atoms with Crippen molar-refractivity contribution in [3.05, 3.63) is 93.5 Å². The lowest BCUT2D eigenvalue weighted by molar-refractivity contribution is -0.140. The molecule has 7 nitrogen and oxygen atoms in total. The van der Waals surface area contributed by atoms with Crippen LogP contribution in [-0.2, 0) is 26.2 Å². The number of benzene rings is 3. The average Bonchev–Trinajstić information content (AvgIpc) is 2.97. The van der Waals surface area contributed by atoms with Crippen molar-refractivity contribution in [3.63, 3.8) is 0 Å². The lowest BCUT2D eigenvalue weighted by Gasteiger charge is -2.33. The Bertz CT molecular complexity index is 1490. The number of hydrogen-bond donors (Lipinski definition) is 1. The third kappa shape index (κ3) is 8.97. The van der Waals surface area contributed by atoms with E-state index in [2.05, 4.69) is 19.2 Å². The van der Waals surface area contributed by atoms with Gasteiger partial charge in [-0.2, -0.15) is 0 Å². The van der Waals surface area contributed by atoms with Gasteiger partial charge in [0.15, 0.2) is 0 Å². The third-order valence-electron chi connectivity index (χ3n) is 7.31. The van der Waals surface area contributed by atoms with Crippen LogP contribution >= 0.6 is 23.2 Å². The number of nitrogens with one attached hydrogen (secondary N) is 1. The fraction of sp³-hybridized carbons (Fsp3) is 0.394. The van der Waals surface area contributed by atoms with Gasteiger partial charge in [-0.25, -0.2) is 8.42 Å². The summed E-state index contributed by atoms with van der Waals surface area (Å²) < 4.78 is 29.2. The largest absolute Gasteiger partial charge is 0.354 e. The van der Waals surface area contributed by atoms with Gasteiger partial charge in [0, 0.05) is 23.1 Å². The molecule has 0 aliphatic rings. The van der Waals surface area contributed by atoms with Gasteiger partial charge in [-0.1, -0.05) is 93.2 Å². The molecule has 3 aromatic carbocycles. The van der Waals surface area contributed by atoms with Crippen LogP contribution < -0.4 is 9.62 Å². The Morgan fingerprint density at radius 2 is 1.58 bits per heavy atom. The molecular weight excluding hydrogens is 605 g/mol. The van der Waals surface area contributed by atoms with Crippen LogP contribution in [0.3, 0.4) is 0 Å². The summed E-state index contributed by atoms with van der Waals surface area (Å²) in [5, 5.41) is 3.71. The first kappa shape index (κ1) is 34.4. The van der Waals surface area contributed by atoms with E-state index in [1.807, 2.05) is 32.9 Å². The molecule has 0 radical (unpaired) electrons. The molecule has 1 N–H and O–H groups in total. The number of rotatable bonds is 14. The van der Waals surface area contributed by atoms with Crippen LogP contribution in [0, 0.1) is 6.92 Å². The van der Waals surface area contributed by atoms with Crippen molar-refractivity contribution in [2.24, 2.45) is 0 Å². The Morgan fingerprint density at radius 1 is 0.930 bits per heavy atom. The van der Waals surface area contributed by atoms with E-state index < -0.39 is 28.5 Å². The highest BCUT2D eigenvalue weighted by atomic mass is 35.5. The third-order valence-corrected chi connectivity index (χ3v) is 9.68. The molecule has 0 aliphatic heterocycles. The van der Waals surface area contributed by atoms with Crippen LogP contribution in [0.4, 0.5) is 5.69 Å². The van der Waals surface area contributed by atoms with Crippen LogP contribution in [0.5, 0.6) is 0 Å². The number of carbonyl (C=O) groups excluding carboxylic acids is 2. The molecule has 0 fully saturated rings. The van der Waals surface area contributed by atoms with Crippen molar-refractivity contribution in [1.29, 1.82) is 0 Å². The normalized spacial score (nSPS) is 12.2. The summed E-state index contributed by atoms with van der Waals surface area (Å²) in [6.45, 7) is 9.79. The maximum atomic E-state index is 14.2. The highest BCUT2D eigenvalue weighted by Gasteiger charge is 2.34. The second-order valence-electron chi connectivity index (χ2n) is 10.9. The standard InChI is InChI=1S/C33H41Cl2N3O4S/c1-6-8-19-36-33(40)31(7-2)37(21-26-11-14-27(34)20-30(26)35)32(39)22-38(28-15-12-25(13-16-28)23(3)4)43(41,42)29-17-9-24(5)10-18-29/h9-18,20,23,31H,6-8,19,21-22H2,1-5H3,(H,36,40)/t31-/m1/s1. The fourth-order valence-electron chi connectivity index (χ4n) is 4.65. The Hall–Kier alpha value is -3.07. The van der Waals surface area contributed by atoms with E-state index in [0.717, 1.165) is 28.3 Å². The first-order valence-electron chi connectivity index (χ1n) is 14.6. The van der Waals surface area contributed by atoms with Crippen molar-refractivity contribution >= 4 is 50.7 Å². The molecule has 10 heteroatoms. The molecule has 0 saturated carbocycles. The minimum absolute atomic E-state index is 0.000747. The predicted octanol–water partition coefficient (Wildman–Crippen LogP) is 7.34. The van der Waals surface area contributed by atoms with E-state index in [1.165, 1.54) is 17.0 Å². The number of unbranched alkanes of at least 4 members (excludes halogenated alkanes) is 1. The Labute approximate surface area is 266 Å². The second kappa shape index (κ2) is 15.6. The monoisotopic (exact) mass is 645 g/mol. The van der Waals surface area contributed by atoms with E-state index in [-0.39, 0.29) is 23.3 Å². The van der Waals surface area contributed by atoms with E-state index in [1.54, 1.807) is 42.5 Å². The zero-order valence-corrected chi connectivity index (χ0v) is 27.8. The van der Waals surface area contributed by atoms with Crippen LogP contribution in [0.2, 0.25) is 10.0 Å². The summed E-state index contributed by atoms with van der Waals surface area (Å²) in [6, 6.07) is 17.8. The number of sulfonamides is 1. The quantitative estimate of drug-likeness (QED) is 0.186. The zero-order chi connectivity index (χ0) is 31.7. The molecule has 1 atom stereocenters. The summed E-state index contributed by atoms with van der Waals surface area (Å²) in [7, 11) is -4.15. The molecule has 0 bridgehead atoms.